The van der Waals surface area contributed by atoms with Crippen molar-refractivity contribution in [1.29, 1.82) is 0 Å². The molecular weight excluding hydrogens is 376 g/mol. The van der Waals surface area contributed by atoms with Gasteiger partial charge >= 0.3 is 11.9 Å². The van der Waals surface area contributed by atoms with E-state index in [0.29, 0.717) is 5.75 Å². The van der Waals surface area contributed by atoms with Crippen LogP contribution in [0, 0.1) is 0 Å². The fraction of sp³-hybridized carbons (Fsp3) is 0.667. The molecule has 0 radical (unpaired) electrons. The number of ether oxygens (including phenoxy) is 1. The van der Waals surface area contributed by atoms with Gasteiger partial charge in [-0.1, -0.05) is 19.6 Å². The molecule has 0 aromatic carbocycles. The highest BCUT2D eigenvalue weighted by atomic mass is 32.2. The summed E-state index contributed by atoms with van der Waals surface area (Å²) in [6.45, 7) is 13.3. The van der Waals surface area contributed by atoms with Crippen LogP contribution in [-0.2, 0) is 23.5 Å². The second kappa shape index (κ2) is 6.90. The third kappa shape index (κ3) is 4.75. The maximum atomic E-state index is 12.7. The lowest BCUT2D eigenvalue weighted by Gasteiger charge is -2.51. The van der Waals surface area contributed by atoms with Crippen LogP contribution in [0.25, 0.3) is 0 Å². The number of carbonyl (C=O) groups excluding carboxylic acids is 3. The summed E-state index contributed by atoms with van der Waals surface area (Å²) >= 11 is 1.49. The minimum absolute atomic E-state index is 0.0833. The van der Waals surface area contributed by atoms with E-state index >= 15 is 0 Å². The van der Waals surface area contributed by atoms with Crippen LogP contribution in [0.5, 0.6) is 0 Å². The Balaban J connectivity index is 2.32. The molecule has 7 nitrogen and oxygen atoms in total. The summed E-state index contributed by atoms with van der Waals surface area (Å²) in [5.74, 6) is -0.713. The molecule has 25 heavy (non-hydrogen) atoms. The molecule has 1 fully saturated rings. The van der Waals surface area contributed by atoms with E-state index in [1.165, 1.54) is 23.6 Å². The van der Waals surface area contributed by atoms with E-state index in [-0.39, 0.29) is 28.8 Å². The van der Waals surface area contributed by atoms with Crippen molar-refractivity contribution in [2.45, 2.75) is 57.6 Å². The predicted molar refractivity (Wildman–Crippen MR) is 102 cm³/mol. The van der Waals surface area contributed by atoms with Gasteiger partial charge in [0.25, 0.3) is 0 Å². The Morgan fingerprint density at radius 2 is 1.80 bits per heavy atom. The van der Waals surface area contributed by atoms with Crippen molar-refractivity contribution in [2.24, 2.45) is 0 Å². The van der Waals surface area contributed by atoms with Crippen LogP contribution in [0.4, 0.5) is 0 Å². The summed E-state index contributed by atoms with van der Waals surface area (Å²) in [5.41, 5.74) is 0.0833. The van der Waals surface area contributed by atoms with Gasteiger partial charge in [0, 0.05) is 6.92 Å². The van der Waals surface area contributed by atoms with Crippen LogP contribution in [0.1, 0.15) is 6.92 Å². The smallest absolute Gasteiger partial charge is 0.345 e. The first-order valence-corrected chi connectivity index (χ1v) is 16.1. The molecule has 2 rings (SSSR count). The number of nitrogens with zero attached hydrogens (tertiary/aromatic N) is 1. The Labute approximate surface area is 154 Å². The maximum Gasteiger partial charge on any atom is 0.345 e. The van der Waals surface area contributed by atoms with Crippen LogP contribution in [0.3, 0.4) is 0 Å². The van der Waals surface area contributed by atoms with Gasteiger partial charge in [-0.05, 0) is 19.6 Å². The molecule has 1 unspecified atom stereocenters. The zero-order valence-electron chi connectivity index (χ0n) is 15.8. The lowest BCUT2D eigenvalue weighted by Crippen LogP contribution is -2.73. The molecule has 0 aromatic rings. The van der Waals surface area contributed by atoms with Gasteiger partial charge < -0.3 is 14.1 Å². The van der Waals surface area contributed by atoms with E-state index in [1.807, 2.05) is 19.6 Å². The van der Waals surface area contributed by atoms with Crippen molar-refractivity contribution in [3.05, 3.63) is 11.5 Å². The Bertz CT molecular complexity index is 639. The van der Waals surface area contributed by atoms with Crippen molar-refractivity contribution >= 4 is 46.2 Å². The number of nitrogens with one attached hydrogen (secondary N) is 1. The Kier molecular flexibility index (Phi) is 5.57. The number of hydrogen-bond donors (Lipinski definition) is 1. The molecule has 0 aromatic heterocycles. The van der Waals surface area contributed by atoms with E-state index in [0.717, 1.165) is 0 Å². The summed E-state index contributed by atoms with van der Waals surface area (Å²) in [6, 6.07) is -0.315. The van der Waals surface area contributed by atoms with Gasteiger partial charge in [0.2, 0.25) is 14.2 Å². The third-order valence-electron chi connectivity index (χ3n) is 3.38. The van der Waals surface area contributed by atoms with Gasteiger partial charge in [-0.2, -0.15) is 0 Å². The van der Waals surface area contributed by atoms with Crippen LogP contribution in [0.15, 0.2) is 11.5 Å². The molecule has 2 aliphatic heterocycles. The molecule has 1 N–H and O–H groups in total. The molecule has 0 saturated carbocycles. The number of carbonyl (C=O) groups is 3. The number of thioether (sulfide) groups is 1. The summed E-state index contributed by atoms with van der Waals surface area (Å²) < 4.78 is 10.8. The summed E-state index contributed by atoms with van der Waals surface area (Å²) in [6.07, 6.45) is 0. The molecule has 2 atom stereocenters. The van der Waals surface area contributed by atoms with Crippen molar-refractivity contribution in [3.8, 4) is 0 Å². The minimum Gasteiger partial charge on any atom is -0.515 e. The lowest BCUT2D eigenvalue weighted by molar-refractivity contribution is -0.149. The van der Waals surface area contributed by atoms with Crippen molar-refractivity contribution in [3.63, 3.8) is 0 Å². The highest BCUT2D eigenvalue weighted by Crippen LogP contribution is 2.41. The molecule has 140 valence electrons. The summed E-state index contributed by atoms with van der Waals surface area (Å²) in [5, 5.41) is -0.178. The molecular formula is C15H26N2O5SSi2. The number of rotatable bonds is 5. The fourth-order valence-corrected chi connectivity index (χ4v) is 5.87. The van der Waals surface area contributed by atoms with E-state index in [9.17, 15) is 14.4 Å². The zero-order chi connectivity index (χ0) is 19.2. The van der Waals surface area contributed by atoms with Gasteiger partial charge in [0.15, 0.2) is 5.70 Å². The number of esters is 1. The van der Waals surface area contributed by atoms with E-state index in [1.54, 1.807) is 0 Å². The molecule has 10 heteroatoms. The largest absolute Gasteiger partial charge is 0.515 e. The Morgan fingerprint density at radius 1 is 1.20 bits per heavy atom. The third-order valence-corrected chi connectivity index (χ3v) is 6.61. The molecule has 0 spiro atoms. The van der Waals surface area contributed by atoms with Gasteiger partial charge in [0.1, 0.15) is 25.4 Å². The van der Waals surface area contributed by atoms with Crippen molar-refractivity contribution in [1.82, 2.24) is 9.88 Å². The monoisotopic (exact) mass is 402 g/mol. The molecule has 0 aliphatic carbocycles. The lowest BCUT2D eigenvalue weighted by atomic mass is 10.1. The standard InChI is InChI=1S/C15H26N2O5SSi2/c1-9(18)21-10-8-23-14-11(16-24(2,3)4)13(19)17(14)12(10)15(20)22-25(5,6)7/h11,14,16H,8H2,1-7H3/t11?,14-/m0/s1. The van der Waals surface area contributed by atoms with E-state index < -0.39 is 28.5 Å². The molecule has 1 saturated heterocycles. The van der Waals surface area contributed by atoms with E-state index in [2.05, 4.69) is 24.6 Å². The second-order valence-electron chi connectivity index (χ2n) is 8.15. The molecule has 2 heterocycles. The van der Waals surface area contributed by atoms with Crippen LogP contribution in [-0.4, -0.2) is 56.5 Å². The van der Waals surface area contributed by atoms with Gasteiger partial charge in [0.05, 0.1) is 5.75 Å². The number of β-lactam (4-membered cyclic amide) rings is 1. The van der Waals surface area contributed by atoms with Crippen LogP contribution in [0.2, 0.25) is 39.3 Å². The average molecular weight is 403 g/mol. The Hall–Kier alpha value is -1.11. The summed E-state index contributed by atoms with van der Waals surface area (Å²) in [7, 11) is -3.82. The SMILES string of the molecule is CC(=O)OC1=C(C(=O)O[Si](C)(C)C)N2C(=O)C(N[Si](C)(C)C)[C@@H]2SC1. The van der Waals surface area contributed by atoms with Gasteiger partial charge in [-0.25, -0.2) is 4.79 Å². The van der Waals surface area contributed by atoms with Crippen molar-refractivity contribution < 1.29 is 23.5 Å². The second-order valence-corrected chi connectivity index (χ2v) is 18.5. The minimum atomic E-state index is -2.16. The van der Waals surface area contributed by atoms with Crippen LogP contribution >= 0.6 is 11.8 Å². The molecule has 0 bridgehead atoms. The number of fused-ring (bicyclic) bond motifs is 1. The van der Waals surface area contributed by atoms with Crippen molar-refractivity contribution in [2.75, 3.05) is 5.75 Å². The van der Waals surface area contributed by atoms with Gasteiger partial charge in [-0.3, -0.25) is 14.5 Å². The normalized spacial score (nSPS) is 23.8. The average Bonchev–Trinajstić information content (AvgIpc) is 2.40. The van der Waals surface area contributed by atoms with Gasteiger partial charge in [-0.15, -0.1) is 11.8 Å². The van der Waals surface area contributed by atoms with E-state index in [4.69, 9.17) is 9.16 Å². The molecule has 1 amide bonds. The first-order valence-electron chi connectivity index (χ1n) is 8.17. The fourth-order valence-electron chi connectivity index (χ4n) is 2.63. The van der Waals surface area contributed by atoms with Crippen LogP contribution < -0.4 is 4.98 Å². The number of amides is 1. The highest BCUT2D eigenvalue weighted by Gasteiger charge is 2.55. The first kappa shape index (κ1) is 20.2. The topological polar surface area (TPSA) is 84.9 Å². The predicted octanol–water partition coefficient (Wildman–Crippen LogP) is 1.85. The number of hydrogen-bond acceptors (Lipinski definition) is 7. The highest BCUT2D eigenvalue weighted by molar-refractivity contribution is 8.00. The summed E-state index contributed by atoms with van der Waals surface area (Å²) in [4.78, 5) is 41.6. The zero-order valence-corrected chi connectivity index (χ0v) is 18.6. The first-order chi connectivity index (χ1) is 11.3. The Morgan fingerprint density at radius 3 is 2.28 bits per heavy atom. The molecule has 2 aliphatic rings. The quantitative estimate of drug-likeness (QED) is 0.427. The maximum absolute atomic E-state index is 12.7.